The molecule has 0 aliphatic carbocycles. The molecule has 2 bridgehead atoms. The third-order valence-electron chi connectivity index (χ3n) is 7.37. The van der Waals surface area contributed by atoms with Crippen molar-refractivity contribution in [3.05, 3.63) is 73.2 Å². The molecule has 5 heteroatoms. The van der Waals surface area contributed by atoms with Crippen LogP contribution in [0.5, 0.6) is 0 Å². The number of benzene rings is 1. The zero-order chi connectivity index (χ0) is 20.9. The average molecular weight is 411 g/mol. The first-order valence-electron chi connectivity index (χ1n) is 11.1. The molecule has 7 rings (SSSR count). The number of hydrogen-bond donors (Lipinski definition) is 2. The van der Waals surface area contributed by atoms with E-state index >= 15 is 0 Å². The van der Waals surface area contributed by atoms with E-state index in [0.717, 1.165) is 58.1 Å². The molecule has 0 radical (unpaired) electrons. The summed E-state index contributed by atoms with van der Waals surface area (Å²) in [4.78, 5) is 14.7. The molecular formula is C26H26N4O. The molecule has 0 spiro atoms. The summed E-state index contributed by atoms with van der Waals surface area (Å²) in [5.41, 5.74) is 4.98. The zero-order valence-corrected chi connectivity index (χ0v) is 17.4. The van der Waals surface area contributed by atoms with E-state index in [-0.39, 0.29) is 6.04 Å². The summed E-state index contributed by atoms with van der Waals surface area (Å²) in [7, 11) is 0. The molecule has 3 aliphatic heterocycles. The quantitative estimate of drug-likeness (QED) is 0.478. The van der Waals surface area contributed by atoms with E-state index in [1.54, 1.807) is 6.20 Å². The minimum absolute atomic E-state index is 0.154. The minimum Gasteiger partial charge on any atom is -0.387 e. The Hall–Kier alpha value is -3.02. The lowest BCUT2D eigenvalue weighted by Gasteiger charge is -2.50. The standard InChI is InChI=1S/C26H26N4O/c1-2-16-15-30-11-8-17(16)13-24(30)25(31)19-7-10-27-23-6-5-18(12-21(19)23)22-14-29-26-20(22)4-3-9-28-26/h2-7,9-10,12,14,16-17,24-25,31H,1,8,11,13,15H2,(H,28,29)/t16?,17?,24?,25-/m1/s1. The first kappa shape index (κ1) is 18.7. The van der Waals surface area contributed by atoms with Gasteiger partial charge in [-0.25, -0.2) is 4.98 Å². The fourth-order valence-corrected chi connectivity index (χ4v) is 5.70. The van der Waals surface area contributed by atoms with Gasteiger partial charge in [-0.2, -0.15) is 0 Å². The number of nitrogens with one attached hydrogen (secondary N) is 1. The monoisotopic (exact) mass is 410 g/mol. The maximum Gasteiger partial charge on any atom is 0.137 e. The van der Waals surface area contributed by atoms with Gasteiger partial charge in [0.15, 0.2) is 0 Å². The highest BCUT2D eigenvalue weighted by Crippen LogP contribution is 2.42. The van der Waals surface area contributed by atoms with E-state index in [1.165, 1.54) is 6.42 Å². The molecule has 3 aliphatic rings. The number of H-pyrrole nitrogens is 1. The van der Waals surface area contributed by atoms with Gasteiger partial charge < -0.3 is 10.1 Å². The van der Waals surface area contributed by atoms with Gasteiger partial charge in [0, 0.05) is 47.5 Å². The van der Waals surface area contributed by atoms with Crippen LogP contribution in [0.3, 0.4) is 0 Å². The molecule has 2 N–H and O–H groups in total. The highest BCUT2D eigenvalue weighted by atomic mass is 16.3. The molecule has 31 heavy (non-hydrogen) atoms. The van der Waals surface area contributed by atoms with Gasteiger partial charge in [-0.05, 0) is 72.7 Å². The third-order valence-corrected chi connectivity index (χ3v) is 7.37. The lowest BCUT2D eigenvalue weighted by Crippen LogP contribution is -2.54. The van der Waals surface area contributed by atoms with E-state index in [0.29, 0.717) is 11.8 Å². The Balaban J connectivity index is 1.41. The number of piperidine rings is 3. The van der Waals surface area contributed by atoms with E-state index < -0.39 is 6.10 Å². The maximum atomic E-state index is 11.5. The van der Waals surface area contributed by atoms with Crippen molar-refractivity contribution in [1.29, 1.82) is 0 Å². The van der Waals surface area contributed by atoms with Crippen molar-refractivity contribution in [2.75, 3.05) is 13.1 Å². The number of aliphatic hydroxyl groups is 1. The lowest BCUT2D eigenvalue weighted by atomic mass is 9.73. The van der Waals surface area contributed by atoms with Crippen molar-refractivity contribution in [2.24, 2.45) is 11.8 Å². The van der Waals surface area contributed by atoms with E-state index in [9.17, 15) is 5.11 Å². The van der Waals surface area contributed by atoms with Gasteiger partial charge in [-0.1, -0.05) is 12.1 Å². The molecule has 3 saturated heterocycles. The number of pyridine rings is 2. The molecule has 0 saturated carbocycles. The number of aromatic nitrogens is 3. The predicted molar refractivity (Wildman–Crippen MR) is 124 cm³/mol. The molecule has 4 aromatic rings. The second-order valence-corrected chi connectivity index (χ2v) is 8.93. The summed E-state index contributed by atoms with van der Waals surface area (Å²) in [5.74, 6) is 1.18. The fourth-order valence-electron chi connectivity index (χ4n) is 5.70. The molecule has 5 nitrogen and oxygen atoms in total. The molecule has 0 amide bonds. The molecule has 3 aromatic heterocycles. The number of aromatic amines is 1. The second-order valence-electron chi connectivity index (χ2n) is 8.93. The molecule has 156 valence electrons. The summed E-state index contributed by atoms with van der Waals surface area (Å²) in [6.07, 6.45) is 9.42. The van der Waals surface area contributed by atoms with Crippen LogP contribution in [0.25, 0.3) is 33.1 Å². The van der Waals surface area contributed by atoms with Crippen LogP contribution in [-0.2, 0) is 0 Å². The highest BCUT2D eigenvalue weighted by Gasteiger charge is 2.42. The van der Waals surface area contributed by atoms with Crippen molar-refractivity contribution in [3.8, 4) is 11.1 Å². The largest absolute Gasteiger partial charge is 0.387 e. The van der Waals surface area contributed by atoms with Crippen LogP contribution < -0.4 is 0 Å². The second kappa shape index (κ2) is 7.29. The number of rotatable bonds is 4. The van der Waals surface area contributed by atoms with E-state index in [1.807, 2.05) is 24.5 Å². The maximum absolute atomic E-state index is 11.5. The molecular weight excluding hydrogens is 384 g/mol. The van der Waals surface area contributed by atoms with E-state index in [4.69, 9.17) is 0 Å². The van der Waals surface area contributed by atoms with Crippen molar-refractivity contribution in [3.63, 3.8) is 0 Å². The van der Waals surface area contributed by atoms with Gasteiger partial charge in [-0.3, -0.25) is 9.88 Å². The van der Waals surface area contributed by atoms with Gasteiger partial charge in [-0.15, -0.1) is 6.58 Å². The van der Waals surface area contributed by atoms with Crippen molar-refractivity contribution >= 4 is 21.9 Å². The van der Waals surface area contributed by atoms with Crippen molar-refractivity contribution in [1.82, 2.24) is 19.9 Å². The molecule has 4 unspecified atom stereocenters. The summed E-state index contributed by atoms with van der Waals surface area (Å²) < 4.78 is 0. The normalized spacial score (nSPS) is 26.4. The Morgan fingerprint density at radius 3 is 2.94 bits per heavy atom. The molecule has 5 atom stereocenters. The van der Waals surface area contributed by atoms with Crippen LogP contribution in [0.15, 0.2) is 67.6 Å². The lowest BCUT2D eigenvalue weighted by molar-refractivity contribution is -0.0444. The van der Waals surface area contributed by atoms with Crippen LogP contribution in [0.1, 0.15) is 24.5 Å². The van der Waals surface area contributed by atoms with Crippen LogP contribution in [-0.4, -0.2) is 44.1 Å². The van der Waals surface area contributed by atoms with Crippen LogP contribution in [0.4, 0.5) is 0 Å². The Morgan fingerprint density at radius 1 is 1.16 bits per heavy atom. The Kier molecular flexibility index (Phi) is 4.40. The van der Waals surface area contributed by atoms with E-state index in [2.05, 4.69) is 56.8 Å². The highest BCUT2D eigenvalue weighted by molar-refractivity contribution is 5.96. The molecule has 1 aromatic carbocycles. The third kappa shape index (κ3) is 2.99. The summed E-state index contributed by atoms with van der Waals surface area (Å²) in [5, 5.41) is 13.6. The topological polar surface area (TPSA) is 65.0 Å². The Morgan fingerprint density at radius 2 is 2.10 bits per heavy atom. The predicted octanol–water partition coefficient (Wildman–Crippen LogP) is 4.71. The number of hydrogen-bond acceptors (Lipinski definition) is 4. The first-order valence-corrected chi connectivity index (χ1v) is 11.1. The smallest absolute Gasteiger partial charge is 0.137 e. The zero-order valence-electron chi connectivity index (χ0n) is 17.4. The van der Waals surface area contributed by atoms with Gasteiger partial charge >= 0.3 is 0 Å². The average Bonchev–Trinajstić information content (AvgIpc) is 3.27. The first-order chi connectivity index (χ1) is 15.2. The summed E-state index contributed by atoms with van der Waals surface area (Å²) in [6, 6.07) is 12.5. The number of fused-ring (bicyclic) bond motifs is 5. The van der Waals surface area contributed by atoms with Gasteiger partial charge in [0.05, 0.1) is 11.6 Å². The number of aliphatic hydroxyl groups excluding tert-OH is 1. The molecule has 6 heterocycles. The van der Waals surface area contributed by atoms with Crippen LogP contribution in [0, 0.1) is 11.8 Å². The fraction of sp³-hybridized carbons (Fsp3) is 0.308. The Labute approximate surface area is 181 Å². The SMILES string of the molecule is C=CC1CN2CCC1CC2[C@H](O)c1ccnc2ccc(-c3c[nH]c4ncccc34)cc12. The van der Waals surface area contributed by atoms with Crippen molar-refractivity contribution < 1.29 is 5.11 Å². The summed E-state index contributed by atoms with van der Waals surface area (Å²) >= 11 is 0. The van der Waals surface area contributed by atoms with Gasteiger partial charge in [0.1, 0.15) is 5.65 Å². The van der Waals surface area contributed by atoms with Crippen LogP contribution in [0.2, 0.25) is 0 Å². The Bertz CT molecular complexity index is 1280. The molecule has 3 fully saturated rings. The van der Waals surface area contributed by atoms with Gasteiger partial charge in [0.2, 0.25) is 0 Å². The van der Waals surface area contributed by atoms with Crippen molar-refractivity contribution in [2.45, 2.75) is 25.0 Å². The minimum atomic E-state index is -0.529. The van der Waals surface area contributed by atoms with Gasteiger partial charge in [0.25, 0.3) is 0 Å². The number of nitrogens with zero attached hydrogens (tertiary/aromatic N) is 3. The van der Waals surface area contributed by atoms with Crippen LogP contribution >= 0.6 is 0 Å². The summed E-state index contributed by atoms with van der Waals surface area (Å²) in [6.45, 7) is 6.09.